The number of hydrogen-bond donors (Lipinski definition) is 3. The molecule has 3 rings (SSSR count). The quantitative estimate of drug-likeness (QED) is 0.609. The van der Waals surface area contributed by atoms with Gasteiger partial charge in [-0.15, -0.1) is 0 Å². The van der Waals surface area contributed by atoms with E-state index < -0.39 is 11.8 Å². The van der Waals surface area contributed by atoms with Crippen LogP contribution < -0.4 is 15.6 Å². The van der Waals surface area contributed by atoms with Crippen molar-refractivity contribution in [1.29, 1.82) is 0 Å². The summed E-state index contributed by atoms with van der Waals surface area (Å²) in [6.07, 6.45) is 0. The highest BCUT2D eigenvalue weighted by Crippen LogP contribution is 2.22. The minimum Gasteiger partial charge on any atom is -0.507 e. The van der Waals surface area contributed by atoms with Crippen LogP contribution in [-0.2, 0) is 4.79 Å². The molecule has 0 fully saturated rings. The average molecular weight is 362 g/mol. The minimum absolute atomic E-state index is 0.0650. The highest BCUT2D eigenvalue weighted by Gasteiger charge is 2.11. The van der Waals surface area contributed by atoms with Gasteiger partial charge in [0.1, 0.15) is 11.5 Å². The topological polar surface area (TPSA) is 87.7 Å². The first-order valence-electron chi connectivity index (χ1n) is 8.29. The molecule has 3 aromatic rings. The molecule has 0 aliphatic heterocycles. The number of rotatable bonds is 5. The first-order valence-corrected chi connectivity index (χ1v) is 8.29. The van der Waals surface area contributed by atoms with Crippen LogP contribution in [0.4, 0.5) is 0 Å². The van der Waals surface area contributed by atoms with Crippen molar-refractivity contribution in [2.45, 2.75) is 0 Å². The molecule has 0 heterocycles. The molecule has 0 aromatic heterocycles. The van der Waals surface area contributed by atoms with Crippen molar-refractivity contribution in [1.82, 2.24) is 10.9 Å². The van der Waals surface area contributed by atoms with Crippen molar-refractivity contribution in [2.75, 3.05) is 6.61 Å². The van der Waals surface area contributed by atoms with Crippen molar-refractivity contribution < 1.29 is 19.4 Å². The molecular weight excluding hydrogens is 344 g/mol. The predicted octanol–water partition coefficient (Wildman–Crippen LogP) is 2.90. The summed E-state index contributed by atoms with van der Waals surface area (Å²) < 4.78 is 5.41. The normalized spacial score (nSPS) is 10.1. The lowest BCUT2D eigenvalue weighted by molar-refractivity contribution is -0.123. The summed E-state index contributed by atoms with van der Waals surface area (Å²) in [5, 5.41) is 9.60. The van der Waals surface area contributed by atoms with Gasteiger partial charge in [0.05, 0.1) is 5.56 Å². The standard InChI is InChI=1S/C21H18N2O4/c24-19-9-5-4-8-18(19)21(26)23-22-20(25)14-27-17-12-10-16(11-13-17)15-6-2-1-3-7-15/h1-13,24H,14H2,(H,22,25)(H,23,26). The smallest absolute Gasteiger partial charge is 0.276 e. The number of phenolic OH excluding ortho intramolecular Hbond substituents is 1. The molecule has 0 aliphatic rings. The largest absolute Gasteiger partial charge is 0.507 e. The third kappa shape index (κ3) is 4.85. The highest BCUT2D eigenvalue weighted by molar-refractivity contribution is 5.97. The van der Waals surface area contributed by atoms with Gasteiger partial charge in [-0.1, -0.05) is 54.6 Å². The Bertz CT molecular complexity index is 924. The SMILES string of the molecule is O=C(COc1ccc(-c2ccccc2)cc1)NNC(=O)c1ccccc1O. The number of para-hydroxylation sites is 1. The van der Waals surface area contributed by atoms with E-state index in [1.807, 2.05) is 42.5 Å². The Morgan fingerprint density at radius 3 is 2.11 bits per heavy atom. The number of nitrogens with one attached hydrogen (secondary N) is 2. The van der Waals surface area contributed by atoms with Crippen molar-refractivity contribution in [3.63, 3.8) is 0 Å². The zero-order valence-corrected chi connectivity index (χ0v) is 14.4. The van der Waals surface area contributed by atoms with Gasteiger partial charge < -0.3 is 9.84 Å². The monoisotopic (exact) mass is 362 g/mol. The molecule has 6 heteroatoms. The van der Waals surface area contributed by atoms with E-state index in [0.29, 0.717) is 5.75 Å². The summed E-state index contributed by atoms with van der Waals surface area (Å²) in [5.41, 5.74) is 6.67. The summed E-state index contributed by atoms with van der Waals surface area (Å²) in [4.78, 5) is 23.7. The number of ether oxygens (including phenoxy) is 1. The number of amides is 2. The van der Waals surface area contributed by atoms with Crippen LogP contribution >= 0.6 is 0 Å². The second-order valence-corrected chi connectivity index (χ2v) is 5.70. The van der Waals surface area contributed by atoms with Crippen LogP contribution in [0.3, 0.4) is 0 Å². The Hall–Kier alpha value is -3.80. The van der Waals surface area contributed by atoms with Crippen molar-refractivity contribution in [3.8, 4) is 22.6 Å². The lowest BCUT2D eigenvalue weighted by Crippen LogP contribution is -2.43. The fourth-order valence-corrected chi connectivity index (χ4v) is 2.42. The Morgan fingerprint density at radius 2 is 1.41 bits per heavy atom. The Balaban J connectivity index is 1.48. The fraction of sp³-hybridized carbons (Fsp3) is 0.0476. The molecule has 0 saturated carbocycles. The predicted molar refractivity (Wildman–Crippen MR) is 101 cm³/mol. The number of carbonyl (C=O) groups excluding carboxylic acids is 2. The van der Waals surface area contributed by atoms with Gasteiger partial charge in [0.15, 0.2) is 6.61 Å². The number of benzene rings is 3. The van der Waals surface area contributed by atoms with E-state index in [9.17, 15) is 14.7 Å². The molecule has 3 aromatic carbocycles. The van der Waals surface area contributed by atoms with E-state index >= 15 is 0 Å². The number of carbonyl (C=O) groups is 2. The number of hydrazine groups is 1. The maximum absolute atomic E-state index is 11.9. The average Bonchev–Trinajstić information content (AvgIpc) is 2.72. The number of aromatic hydroxyl groups is 1. The van der Waals surface area contributed by atoms with Gasteiger partial charge in [-0.05, 0) is 35.4 Å². The first-order chi connectivity index (χ1) is 13.1. The summed E-state index contributed by atoms with van der Waals surface area (Å²) in [7, 11) is 0. The van der Waals surface area contributed by atoms with Gasteiger partial charge in [0.2, 0.25) is 0 Å². The van der Waals surface area contributed by atoms with Gasteiger partial charge in [-0.25, -0.2) is 0 Å². The third-order valence-corrected chi connectivity index (χ3v) is 3.80. The number of phenols is 1. The summed E-state index contributed by atoms with van der Waals surface area (Å²) >= 11 is 0. The van der Waals surface area contributed by atoms with E-state index in [-0.39, 0.29) is 17.9 Å². The van der Waals surface area contributed by atoms with Gasteiger partial charge in [-0.3, -0.25) is 20.4 Å². The second-order valence-electron chi connectivity index (χ2n) is 5.70. The maximum Gasteiger partial charge on any atom is 0.276 e. The second kappa shape index (κ2) is 8.53. The molecule has 0 atom stereocenters. The lowest BCUT2D eigenvalue weighted by atomic mass is 10.1. The number of hydrogen-bond acceptors (Lipinski definition) is 4. The molecule has 6 nitrogen and oxygen atoms in total. The minimum atomic E-state index is -0.617. The molecule has 0 unspecified atom stereocenters. The highest BCUT2D eigenvalue weighted by atomic mass is 16.5. The summed E-state index contributed by atoms with van der Waals surface area (Å²) in [6.45, 7) is -0.258. The van der Waals surface area contributed by atoms with Crippen LogP contribution in [0.2, 0.25) is 0 Å². The third-order valence-electron chi connectivity index (χ3n) is 3.80. The molecule has 2 amide bonds. The van der Waals surface area contributed by atoms with Gasteiger partial charge in [-0.2, -0.15) is 0 Å². The molecular formula is C21H18N2O4. The maximum atomic E-state index is 11.9. The van der Waals surface area contributed by atoms with E-state index in [2.05, 4.69) is 10.9 Å². The lowest BCUT2D eigenvalue weighted by Gasteiger charge is -2.10. The van der Waals surface area contributed by atoms with E-state index in [0.717, 1.165) is 11.1 Å². The first kappa shape index (κ1) is 18.0. The zero-order valence-electron chi connectivity index (χ0n) is 14.4. The molecule has 0 radical (unpaired) electrons. The van der Waals surface area contributed by atoms with Crippen molar-refractivity contribution in [3.05, 3.63) is 84.4 Å². The summed E-state index contributed by atoms with van der Waals surface area (Å²) in [5.74, 6) is -0.768. The molecule has 3 N–H and O–H groups in total. The zero-order chi connectivity index (χ0) is 19.1. The summed E-state index contributed by atoms with van der Waals surface area (Å²) in [6, 6.07) is 23.3. The Labute approximate surface area is 156 Å². The van der Waals surface area contributed by atoms with Gasteiger partial charge >= 0.3 is 0 Å². The van der Waals surface area contributed by atoms with Crippen molar-refractivity contribution in [2.24, 2.45) is 0 Å². The van der Waals surface area contributed by atoms with E-state index in [4.69, 9.17) is 4.74 Å². The van der Waals surface area contributed by atoms with Crippen LogP contribution in [0.5, 0.6) is 11.5 Å². The van der Waals surface area contributed by atoms with E-state index in [1.165, 1.54) is 12.1 Å². The molecule has 0 saturated heterocycles. The van der Waals surface area contributed by atoms with Crippen LogP contribution in [0, 0.1) is 0 Å². The van der Waals surface area contributed by atoms with Crippen molar-refractivity contribution >= 4 is 11.8 Å². The van der Waals surface area contributed by atoms with Gasteiger partial charge in [0.25, 0.3) is 11.8 Å². The van der Waals surface area contributed by atoms with Crippen LogP contribution in [0.15, 0.2) is 78.9 Å². The molecule has 0 aliphatic carbocycles. The van der Waals surface area contributed by atoms with Crippen LogP contribution in [0.25, 0.3) is 11.1 Å². The van der Waals surface area contributed by atoms with Crippen LogP contribution in [-0.4, -0.2) is 23.5 Å². The van der Waals surface area contributed by atoms with Gasteiger partial charge in [0, 0.05) is 0 Å². The molecule has 27 heavy (non-hydrogen) atoms. The van der Waals surface area contributed by atoms with E-state index in [1.54, 1.807) is 24.3 Å². The molecule has 136 valence electrons. The van der Waals surface area contributed by atoms with Crippen LogP contribution in [0.1, 0.15) is 10.4 Å². The fourth-order valence-electron chi connectivity index (χ4n) is 2.42. The Morgan fingerprint density at radius 1 is 0.778 bits per heavy atom. The molecule has 0 bridgehead atoms. The Kier molecular flexibility index (Phi) is 5.69. The molecule has 0 spiro atoms.